The number of carbonyl (C=O) groups is 1. The van der Waals surface area contributed by atoms with Crippen molar-refractivity contribution in [3.8, 4) is 11.3 Å². The van der Waals surface area contributed by atoms with Gasteiger partial charge in [0.1, 0.15) is 17.3 Å². The van der Waals surface area contributed by atoms with Crippen molar-refractivity contribution in [1.82, 2.24) is 9.88 Å². The predicted octanol–water partition coefficient (Wildman–Crippen LogP) is 4.07. The Morgan fingerprint density at radius 1 is 1.16 bits per heavy atom. The zero-order chi connectivity index (χ0) is 17.6. The molecule has 0 aliphatic rings. The molecule has 0 unspecified atom stereocenters. The Morgan fingerprint density at radius 2 is 2.00 bits per heavy atom. The van der Waals surface area contributed by atoms with Crippen molar-refractivity contribution in [2.45, 2.75) is 19.4 Å². The minimum absolute atomic E-state index is 0.0210. The molecule has 1 amide bonds. The van der Waals surface area contributed by atoms with Gasteiger partial charge in [0, 0.05) is 38.8 Å². The maximum Gasteiger partial charge on any atom is 0.223 e. The third-order valence-corrected chi connectivity index (χ3v) is 3.95. The largest absolute Gasteiger partial charge is 0.461 e. The first-order chi connectivity index (χ1) is 12.1. The van der Waals surface area contributed by atoms with Gasteiger partial charge in [-0.05, 0) is 35.9 Å². The third kappa shape index (κ3) is 4.32. The van der Waals surface area contributed by atoms with Crippen molar-refractivity contribution in [3.05, 3.63) is 78.1 Å². The summed E-state index contributed by atoms with van der Waals surface area (Å²) in [5.41, 5.74) is 1.41. The number of nitrogens with zero attached hydrogens (tertiary/aromatic N) is 2. The Kier molecular flexibility index (Phi) is 5.23. The second-order valence-corrected chi connectivity index (χ2v) is 5.86. The van der Waals surface area contributed by atoms with Gasteiger partial charge in [-0.15, -0.1) is 0 Å². The third-order valence-electron chi connectivity index (χ3n) is 3.95. The van der Waals surface area contributed by atoms with Crippen LogP contribution in [-0.4, -0.2) is 22.8 Å². The number of rotatable bonds is 6. The van der Waals surface area contributed by atoms with Crippen LogP contribution in [0.15, 0.2) is 65.3 Å². The number of hydrogen-bond acceptors (Lipinski definition) is 3. The summed E-state index contributed by atoms with van der Waals surface area (Å²) in [7, 11) is 1.77. The Bertz CT molecular complexity index is 846. The van der Waals surface area contributed by atoms with Gasteiger partial charge in [-0.2, -0.15) is 0 Å². The minimum Gasteiger partial charge on any atom is -0.461 e. The predicted molar refractivity (Wildman–Crippen MR) is 93.1 cm³/mol. The summed E-state index contributed by atoms with van der Waals surface area (Å²) in [4.78, 5) is 18.0. The maximum atomic E-state index is 13.8. The second kappa shape index (κ2) is 7.75. The van der Waals surface area contributed by atoms with Crippen LogP contribution in [0.3, 0.4) is 0 Å². The molecule has 4 nitrogen and oxygen atoms in total. The van der Waals surface area contributed by atoms with Gasteiger partial charge < -0.3 is 9.32 Å². The number of furan rings is 1. The summed E-state index contributed by atoms with van der Waals surface area (Å²) in [6.07, 6.45) is 4.26. The number of carbonyl (C=O) groups excluding carboxylic acids is 1. The van der Waals surface area contributed by atoms with Crippen molar-refractivity contribution in [2.24, 2.45) is 0 Å². The van der Waals surface area contributed by atoms with Crippen molar-refractivity contribution >= 4 is 5.91 Å². The molecule has 0 radical (unpaired) electrons. The maximum absolute atomic E-state index is 13.8. The Morgan fingerprint density at radius 3 is 2.76 bits per heavy atom. The molecule has 3 aromatic rings. The molecule has 0 N–H and O–H groups in total. The van der Waals surface area contributed by atoms with Gasteiger partial charge in [0.05, 0.1) is 5.56 Å². The highest BCUT2D eigenvalue weighted by Gasteiger charge is 2.13. The number of aryl methyl sites for hydroxylation is 1. The van der Waals surface area contributed by atoms with E-state index in [1.807, 2.05) is 12.1 Å². The Labute approximate surface area is 145 Å². The fourth-order valence-electron chi connectivity index (χ4n) is 2.59. The average Bonchev–Trinajstić information content (AvgIpc) is 3.09. The number of amides is 1. The van der Waals surface area contributed by atoms with Crippen LogP contribution in [0.2, 0.25) is 0 Å². The number of pyridine rings is 1. The minimum atomic E-state index is -0.323. The average molecular weight is 338 g/mol. The lowest BCUT2D eigenvalue weighted by Crippen LogP contribution is -2.26. The van der Waals surface area contributed by atoms with Crippen molar-refractivity contribution < 1.29 is 13.6 Å². The molecule has 0 aliphatic heterocycles. The van der Waals surface area contributed by atoms with Crippen LogP contribution < -0.4 is 0 Å². The van der Waals surface area contributed by atoms with E-state index in [4.69, 9.17) is 4.42 Å². The topological polar surface area (TPSA) is 46.3 Å². The van der Waals surface area contributed by atoms with Gasteiger partial charge in [-0.25, -0.2) is 4.39 Å². The molecule has 0 atom stereocenters. The lowest BCUT2D eigenvalue weighted by Gasteiger charge is -2.16. The first kappa shape index (κ1) is 16.9. The number of hydrogen-bond donors (Lipinski definition) is 0. The summed E-state index contributed by atoms with van der Waals surface area (Å²) < 4.78 is 19.5. The van der Waals surface area contributed by atoms with Gasteiger partial charge in [0.25, 0.3) is 0 Å². The molecule has 128 valence electrons. The fraction of sp³-hybridized carbons (Fsp3) is 0.200. The zero-order valence-electron chi connectivity index (χ0n) is 14.0. The first-order valence-corrected chi connectivity index (χ1v) is 8.10. The van der Waals surface area contributed by atoms with Crippen LogP contribution in [0.4, 0.5) is 4.39 Å². The lowest BCUT2D eigenvalue weighted by molar-refractivity contribution is -0.130. The molecule has 0 saturated carbocycles. The van der Waals surface area contributed by atoms with Crippen LogP contribution in [0.1, 0.15) is 17.7 Å². The standard InChI is InChI=1S/C20H19FN2O2/c1-23(14-15-5-4-12-22-13-15)20(24)11-9-16-8-10-19(25-16)17-6-2-3-7-18(17)21/h2-8,10,12-13H,9,11,14H2,1H3. The van der Waals surface area contributed by atoms with Crippen LogP contribution in [0.25, 0.3) is 11.3 Å². The van der Waals surface area contributed by atoms with E-state index in [1.54, 1.807) is 54.7 Å². The number of aromatic nitrogens is 1. The van der Waals surface area contributed by atoms with Gasteiger partial charge in [0.15, 0.2) is 0 Å². The normalized spacial score (nSPS) is 10.6. The van der Waals surface area contributed by atoms with E-state index < -0.39 is 0 Å². The highest BCUT2D eigenvalue weighted by Crippen LogP contribution is 2.25. The summed E-state index contributed by atoms with van der Waals surface area (Å²) in [5, 5.41) is 0. The number of benzene rings is 1. The van der Waals surface area contributed by atoms with Gasteiger partial charge in [-0.1, -0.05) is 18.2 Å². The molecular formula is C20H19FN2O2. The number of halogens is 1. The molecule has 25 heavy (non-hydrogen) atoms. The van der Waals surface area contributed by atoms with Crippen LogP contribution in [-0.2, 0) is 17.8 Å². The highest BCUT2D eigenvalue weighted by molar-refractivity contribution is 5.76. The molecule has 3 rings (SSSR count). The monoisotopic (exact) mass is 338 g/mol. The van der Waals surface area contributed by atoms with Crippen molar-refractivity contribution in [1.29, 1.82) is 0 Å². The molecule has 1 aromatic carbocycles. The van der Waals surface area contributed by atoms with Gasteiger partial charge >= 0.3 is 0 Å². The van der Waals surface area contributed by atoms with Crippen molar-refractivity contribution in [2.75, 3.05) is 7.05 Å². The van der Waals surface area contributed by atoms with E-state index in [0.29, 0.717) is 36.5 Å². The fourth-order valence-corrected chi connectivity index (χ4v) is 2.59. The summed E-state index contributed by atoms with van der Waals surface area (Å²) in [6.45, 7) is 0.519. The SMILES string of the molecule is CN(Cc1cccnc1)C(=O)CCc1ccc(-c2ccccc2F)o1. The highest BCUT2D eigenvalue weighted by atomic mass is 19.1. The Balaban J connectivity index is 1.57. The van der Waals surface area contributed by atoms with Gasteiger partial charge in [0.2, 0.25) is 5.91 Å². The molecular weight excluding hydrogens is 319 g/mol. The summed E-state index contributed by atoms with van der Waals surface area (Å²) in [5.74, 6) is 0.842. The second-order valence-electron chi connectivity index (χ2n) is 5.86. The smallest absolute Gasteiger partial charge is 0.223 e. The lowest BCUT2D eigenvalue weighted by atomic mass is 10.1. The van der Waals surface area contributed by atoms with Gasteiger partial charge in [-0.3, -0.25) is 9.78 Å². The quantitative estimate of drug-likeness (QED) is 0.680. The van der Waals surface area contributed by atoms with Crippen LogP contribution in [0, 0.1) is 5.82 Å². The van der Waals surface area contributed by atoms with E-state index >= 15 is 0 Å². The van der Waals surface area contributed by atoms with E-state index in [2.05, 4.69) is 4.98 Å². The molecule has 0 saturated heterocycles. The Hall–Kier alpha value is -2.95. The molecule has 5 heteroatoms. The molecule has 2 aromatic heterocycles. The molecule has 0 bridgehead atoms. The van der Waals surface area contributed by atoms with Crippen LogP contribution in [0.5, 0.6) is 0 Å². The summed E-state index contributed by atoms with van der Waals surface area (Å²) in [6, 6.07) is 13.8. The van der Waals surface area contributed by atoms with E-state index in [1.165, 1.54) is 6.07 Å². The molecule has 0 fully saturated rings. The van der Waals surface area contributed by atoms with Crippen molar-refractivity contribution in [3.63, 3.8) is 0 Å². The van der Waals surface area contributed by atoms with Crippen LogP contribution >= 0.6 is 0 Å². The summed E-state index contributed by atoms with van der Waals surface area (Å²) >= 11 is 0. The molecule has 0 aliphatic carbocycles. The molecule has 0 spiro atoms. The van der Waals surface area contributed by atoms with E-state index in [-0.39, 0.29) is 11.7 Å². The van der Waals surface area contributed by atoms with E-state index in [0.717, 1.165) is 5.56 Å². The van der Waals surface area contributed by atoms with E-state index in [9.17, 15) is 9.18 Å². The zero-order valence-corrected chi connectivity index (χ0v) is 14.0. The molecule has 2 heterocycles. The first-order valence-electron chi connectivity index (χ1n) is 8.10.